The van der Waals surface area contributed by atoms with Gasteiger partial charge in [-0.05, 0) is 18.2 Å². The van der Waals surface area contributed by atoms with Crippen molar-refractivity contribution in [1.29, 1.82) is 0 Å². The maximum Gasteiger partial charge on any atom is 0.416 e. The van der Waals surface area contributed by atoms with Crippen LogP contribution in [-0.2, 0) is 17.5 Å². The van der Waals surface area contributed by atoms with Crippen LogP contribution in [0.3, 0.4) is 0 Å². The third-order valence-corrected chi connectivity index (χ3v) is 3.29. The molecule has 0 radical (unpaired) electrons. The fraction of sp³-hybridized carbons (Fsp3) is 0.188. The Morgan fingerprint density at radius 3 is 2.48 bits per heavy atom. The van der Waals surface area contributed by atoms with Crippen LogP contribution < -0.4 is 4.74 Å². The van der Waals surface area contributed by atoms with Crippen LogP contribution in [0.5, 0.6) is 5.75 Å². The van der Waals surface area contributed by atoms with Gasteiger partial charge in [0.2, 0.25) is 0 Å². The number of benzene rings is 2. The third kappa shape index (κ3) is 4.25. The second-order valence-electron chi connectivity index (χ2n) is 4.87. The first kappa shape index (κ1) is 18.2. The van der Waals surface area contributed by atoms with Crippen LogP contribution >= 0.6 is 0 Å². The second-order valence-corrected chi connectivity index (χ2v) is 4.87. The van der Waals surface area contributed by atoms with Gasteiger partial charge in [0.25, 0.3) is 0 Å². The molecule has 0 saturated carbocycles. The minimum Gasteiger partial charge on any atom is -0.490 e. The number of rotatable bonds is 5. The van der Waals surface area contributed by atoms with E-state index in [2.05, 4.69) is 0 Å². The van der Waals surface area contributed by atoms with E-state index in [4.69, 9.17) is 9.47 Å². The van der Waals surface area contributed by atoms with Gasteiger partial charge in [0.05, 0.1) is 23.2 Å². The average molecular weight is 355 g/mol. The molecule has 2 aromatic rings. The molecule has 0 bridgehead atoms. The number of carbonyl (C=O) groups is 1. The first-order valence-corrected chi connectivity index (χ1v) is 6.88. The van der Waals surface area contributed by atoms with E-state index < -0.39 is 34.9 Å². The Balaban J connectivity index is 2.19. The maximum atomic E-state index is 12.9. The maximum absolute atomic E-state index is 12.9. The van der Waals surface area contributed by atoms with Crippen molar-refractivity contribution in [3.8, 4) is 5.75 Å². The highest BCUT2D eigenvalue weighted by Gasteiger charge is 2.33. The van der Waals surface area contributed by atoms with Crippen molar-refractivity contribution in [3.05, 3.63) is 69.3 Å². The molecule has 0 N–H and O–H groups in total. The Morgan fingerprint density at radius 2 is 1.88 bits per heavy atom. The average Bonchev–Trinajstić information content (AvgIpc) is 2.58. The number of halogens is 3. The number of nitro groups is 1. The molecule has 0 aliphatic heterocycles. The van der Waals surface area contributed by atoms with Gasteiger partial charge in [-0.2, -0.15) is 13.2 Å². The normalized spacial score (nSPS) is 11.0. The Bertz CT molecular complexity index is 805. The molecule has 0 unspecified atom stereocenters. The number of hydrogen-bond acceptors (Lipinski definition) is 5. The molecule has 0 amide bonds. The van der Waals surface area contributed by atoms with Gasteiger partial charge in [-0.1, -0.05) is 18.2 Å². The summed E-state index contributed by atoms with van der Waals surface area (Å²) in [5.74, 6) is -1.04. The van der Waals surface area contributed by atoms with E-state index in [9.17, 15) is 28.1 Å². The summed E-state index contributed by atoms with van der Waals surface area (Å²) in [6.07, 6.45) is -4.58. The summed E-state index contributed by atoms with van der Waals surface area (Å²) in [6.45, 7) is -0.617. The van der Waals surface area contributed by atoms with E-state index in [1.165, 1.54) is 37.4 Å². The fourth-order valence-corrected chi connectivity index (χ4v) is 2.11. The van der Waals surface area contributed by atoms with E-state index in [1.54, 1.807) is 0 Å². The van der Waals surface area contributed by atoms with Gasteiger partial charge in [-0.15, -0.1) is 0 Å². The number of nitrogens with zero attached hydrogens (tertiary/aromatic N) is 1. The second kappa shape index (κ2) is 7.20. The molecule has 0 saturated heterocycles. The van der Waals surface area contributed by atoms with Crippen LogP contribution in [0.4, 0.5) is 18.9 Å². The first-order valence-electron chi connectivity index (χ1n) is 6.88. The zero-order valence-corrected chi connectivity index (χ0v) is 12.9. The van der Waals surface area contributed by atoms with Gasteiger partial charge in [-0.25, -0.2) is 4.79 Å². The van der Waals surface area contributed by atoms with Gasteiger partial charge in [0.15, 0.2) is 5.75 Å². The number of methoxy groups -OCH3 is 1. The van der Waals surface area contributed by atoms with Gasteiger partial charge >= 0.3 is 17.8 Å². The van der Waals surface area contributed by atoms with Crippen molar-refractivity contribution in [2.75, 3.05) is 7.11 Å². The van der Waals surface area contributed by atoms with E-state index in [0.29, 0.717) is 0 Å². The molecule has 0 heterocycles. The summed E-state index contributed by atoms with van der Waals surface area (Å²) in [4.78, 5) is 22.2. The molecular weight excluding hydrogens is 343 g/mol. The molecule has 2 aromatic carbocycles. The van der Waals surface area contributed by atoms with Crippen molar-refractivity contribution in [2.24, 2.45) is 0 Å². The lowest BCUT2D eigenvalue weighted by Crippen LogP contribution is -2.12. The minimum absolute atomic E-state index is 0.0519. The lowest BCUT2D eigenvalue weighted by Gasteiger charge is -2.13. The molecule has 6 nitrogen and oxygen atoms in total. The van der Waals surface area contributed by atoms with Crippen molar-refractivity contribution < 1.29 is 32.4 Å². The van der Waals surface area contributed by atoms with Crippen molar-refractivity contribution in [2.45, 2.75) is 12.8 Å². The summed E-state index contributed by atoms with van der Waals surface area (Å²) in [5, 5.41) is 10.9. The summed E-state index contributed by atoms with van der Waals surface area (Å²) >= 11 is 0. The third-order valence-electron chi connectivity index (χ3n) is 3.29. The highest BCUT2D eigenvalue weighted by molar-refractivity contribution is 5.90. The number of ether oxygens (including phenoxy) is 2. The van der Waals surface area contributed by atoms with E-state index in [0.717, 1.165) is 12.1 Å². The highest BCUT2D eigenvalue weighted by Crippen LogP contribution is 2.32. The molecule has 0 atom stereocenters. The van der Waals surface area contributed by atoms with E-state index >= 15 is 0 Å². The van der Waals surface area contributed by atoms with E-state index in [1.807, 2.05) is 0 Å². The Hall–Kier alpha value is -3.10. The Labute approximate surface area is 139 Å². The number of nitro benzene ring substituents is 1. The van der Waals surface area contributed by atoms with Crippen LogP contribution in [0.15, 0.2) is 42.5 Å². The molecule has 0 aromatic heterocycles. The Kier molecular flexibility index (Phi) is 5.26. The van der Waals surface area contributed by atoms with Crippen LogP contribution in [0.1, 0.15) is 21.5 Å². The number of esters is 1. The van der Waals surface area contributed by atoms with Crippen molar-refractivity contribution in [3.63, 3.8) is 0 Å². The standard InChI is InChI=1S/C16H12F3NO5/c1-24-14-7-6-10(8-13(14)20(22)23)15(21)25-9-11-4-2-3-5-12(11)16(17,18)19/h2-8H,9H2,1H3. The summed E-state index contributed by atoms with van der Waals surface area (Å²) in [5.41, 5.74) is -1.75. The van der Waals surface area contributed by atoms with E-state index in [-0.39, 0.29) is 16.9 Å². The van der Waals surface area contributed by atoms with Gasteiger partial charge in [0.1, 0.15) is 6.61 Å². The smallest absolute Gasteiger partial charge is 0.416 e. The van der Waals surface area contributed by atoms with Crippen LogP contribution in [0.25, 0.3) is 0 Å². The first-order chi connectivity index (χ1) is 11.7. The number of carbonyl (C=O) groups excluding carboxylic acids is 1. The highest BCUT2D eigenvalue weighted by atomic mass is 19.4. The molecule has 132 valence electrons. The quantitative estimate of drug-likeness (QED) is 0.460. The van der Waals surface area contributed by atoms with Crippen molar-refractivity contribution in [1.82, 2.24) is 0 Å². The number of hydrogen-bond donors (Lipinski definition) is 0. The molecule has 0 aliphatic carbocycles. The lowest BCUT2D eigenvalue weighted by molar-refractivity contribution is -0.385. The van der Waals surface area contributed by atoms with Crippen molar-refractivity contribution >= 4 is 11.7 Å². The molecule has 0 fully saturated rings. The zero-order chi connectivity index (χ0) is 18.6. The molecular formula is C16H12F3NO5. The number of alkyl halides is 3. The summed E-state index contributed by atoms with van der Waals surface area (Å²) in [6, 6.07) is 8.05. The molecule has 0 aliphatic rings. The van der Waals surface area contributed by atoms with Gasteiger partial charge in [-0.3, -0.25) is 10.1 Å². The molecule has 25 heavy (non-hydrogen) atoms. The minimum atomic E-state index is -4.58. The predicted octanol–water partition coefficient (Wildman–Crippen LogP) is 3.98. The monoisotopic (exact) mass is 355 g/mol. The van der Waals surface area contributed by atoms with Crippen LogP contribution in [0.2, 0.25) is 0 Å². The molecule has 0 spiro atoms. The SMILES string of the molecule is COc1ccc(C(=O)OCc2ccccc2C(F)(F)F)cc1[N+](=O)[O-]. The summed E-state index contributed by atoms with van der Waals surface area (Å²) in [7, 11) is 1.23. The summed E-state index contributed by atoms with van der Waals surface area (Å²) < 4.78 is 48.3. The Morgan fingerprint density at radius 1 is 1.20 bits per heavy atom. The largest absolute Gasteiger partial charge is 0.490 e. The van der Waals surface area contributed by atoms with Gasteiger partial charge in [0, 0.05) is 11.6 Å². The van der Waals surface area contributed by atoms with Crippen LogP contribution in [-0.4, -0.2) is 18.0 Å². The molecule has 9 heteroatoms. The van der Waals surface area contributed by atoms with Crippen LogP contribution in [0, 0.1) is 10.1 Å². The topological polar surface area (TPSA) is 78.7 Å². The lowest BCUT2D eigenvalue weighted by atomic mass is 10.1. The predicted molar refractivity (Wildman–Crippen MR) is 80.2 cm³/mol. The fourth-order valence-electron chi connectivity index (χ4n) is 2.11. The molecule has 2 rings (SSSR count). The zero-order valence-electron chi connectivity index (χ0n) is 12.9. The van der Waals surface area contributed by atoms with Gasteiger partial charge < -0.3 is 9.47 Å².